The molecule has 0 unspecified atom stereocenters. The van der Waals surface area contributed by atoms with Crippen LogP contribution in [0.5, 0.6) is 0 Å². The van der Waals surface area contributed by atoms with E-state index in [0.29, 0.717) is 51.1 Å². The van der Waals surface area contributed by atoms with Gasteiger partial charge in [0.1, 0.15) is 0 Å². The molecule has 0 aromatic heterocycles. The van der Waals surface area contributed by atoms with E-state index in [2.05, 4.69) is 13.8 Å². The zero-order valence-electron chi connectivity index (χ0n) is 32.9. The van der Waals surface area contributed by atoms with Crippen LogP contribution in [0.1, 0.15) is 162 Å². The Morgan fingerprint density at radius 1 is 0.415 bits per heavy atom. The maximum atomic E-state index is 12.3. The molecule has 2 heterocycles. The number of hydrogen-bond acceptors (Lipinski definition) is 4. The van der Waals surface area contributed by atoms with E-state index in [0.717, 1.165) is 35.5 Å². The predicted octanol–water partition coefficient (Wildman–Crippen LogP) is 13.1. The molecule has 2 aliphatic heterocycles. The maximum Gasteiger partial charge on any atom is 0.389 e. The molecule has 0 N–H and O–H groups in total. The summed E-state index contributed by atoms with van der Waals surface area (Å²) in [5, 5.41) is 0. The number of ether oxygens (including phenoxy) is 4. The molecule has 310 valence electrons. The lowest BCUT2D eigenvalue weighted by molar-refractivity contribution is -0.231. The second-order valence-electron chi connectivity index (χ2n) is 18.4. The van der Waals surface area contributed by atoms with Gasteiger partial charge in [0.25, 0.3) is 0 Å². The summed E-state index contributed by atoms with van der Waals surface area (Å²) in [5.74, 6) is 6.70. The third-order valence-electron chi connectivity index (χ3n) is 14.4. The normalized spacial score (nSPS) is 39.2. The molecular formula is C43H72F6O4. The van der Waals surface area contributed by atoms with Crippen LogP contribution in [0.15, 0.2) is 0 Å². The van der Waals surface area contributed by atoms with Gasteiger partial charge >= 0.3 is 12.4 Å². The van der Waals surface area contributed by atoms with Crippen LogP contribution in [0.25, 0.3) is 0 Å². The van der Waals surface area contributed by atoms with Crippen molar-refractivity contribution in [2.75, 3.05) is 26.4 Å². The van der Waals surface area contributed by atoms with E-state index in [1.807, 2.05) is 0 Å². The zero-order chi connectivity index (χ0) is 37.8. The molecule has 4 saturated carbocycles. The topological polar surface area (TPSA) is 36.9 Å². The summed E-state index contributed by atoms with van der Waals surface area (Å²) in [6.07, 6.45) is 14.2. The Morgan fingerprint density at radius 3 is 1.04 bits per heavy atom. The van der Waals surface area contributed by atoms with Gasteiger partial charge in [-0.2, -0.15) is 26.3 Å². The predicted molar refractivity (Wildman–Crippen MR) is 196 cm³/mol. The molecule has 0 bridgehead atoms. The number of rotatable bonds is 11. The fourth-order valence-electron chi connectivity index (χ4n) is 10.8. The van der Waals surface area contributed by atoms with Crippen molar-refractivity contribution in [1.29, 1.82) is 0 Å². The van der Waals surface area contributed by atoms with Gasteiger partial charge in [-0.1, -0.05) is 46.0 Å². The summed E-state index contributed by atoms with van der Waals surface area (Å²) in [6.45, 7) is 6.93. The van der Waals surface area contributed by atoms with Crippen LogP contribution in [0.3, 0.4) is 0 Å². The first-order valence-corrected chi connectivity index (χ1v) is 21.9. The Labute approximate surface area is 316 Å². The number of halogens is 6. The Balaban J connectivity index is 0.000000204. The first-order valence-electron chi connectivity index (χ1n) is 21.9. The summed E-state index contributed by atoms with van der Waals surface area (Å²) >= 11 is 0. The smallest absolute Gasteiger partial charge is 0.352 e. The second kappa shape index (κ2) is 21.3. The monoisotopic (exact) mass is 767 g/mol. The molecular weight excluding hydrogens is 694 g/mol. The third-order valence-corrected chi connectivity index (χ3v) is 14.4. The molecule has 4 nitrogen and oxygen atoms in total. The van der Waals surface area contributed by atoms with Crippen LogP contribution in [0.4, 0.5) is 26.3 Å². The minimum atomic E-state index is -4.05. The van der Waals surface area contributed by atoms with Crippen molar-refractivity contribution in [3.8, 4) is 0 Å². The van der Waals surface area contributed by atoms with Gasteiger partial charge in [0, 0.05) is 36.5 Å². The van der Waals surface area contributed by atoms with E-state index in [1.54, 1.807) is 0 Å². The van der Waals surface area contributed by atoms with Gasteiger partial charge < -0.3 is 18.9 Å². The minimum Gasteiger partial charge on any atom is -0.352 e. The number of alkyl halides is 6. The van der Waals surface area contributed by atoms with Crippen molar-refractivity contribution in [3.63, 3.8) is 0 Å². The van der Waals surface area contributed by atoms with Gasteiger partial charge in [0.15, 0.2) is 12.6 Å². The van der Waals surface area contributed by atoms with E-state index in [1.165, 1.54) is 109 Å². The van der Waals surface area contributed by atoms with Crippen molar-refractivity contribution in [1.82, 2.24) is 0 Å². The molecule has 6 fully saturated rings. The Kier molecular flexibility index (Phi) is 17.5. The molecule has 0 radical (unpaired) electrons. The summed E-state index contributed by atoms with van der Waals surface area (Å²) in [5.41, 5.74) is 0. The molecule has 0 aromatic rings. The Morgan fingerprint density at radius 2 is 0.717 bits per heavy atom. The average molecular weight is 767 g/mol. The quantitative estimate of drug-likeness (QED) is 0.196. The van der Waals surface area contributed by atoms with E-state index < -0.39 is 25.2 Å². The van der Waals surface area contributed by atoms with E-state index >= 15 is 0 Å². The average Bonchev–Trinajstić information content (AvgIpc) is 3.15. The Bertz CT molecular complexity index is 976. The molecule has 0 spiro atoms. The first-order chi connectivity index (χ1) is 25.3. The summed E-state index contributed by atoms with van der Waals surface area (Å²) < 4.78 is 97.1. The van der Waals surface area contributed by atoms with Crippen LogP contribution in [-0.4, -0.2) is 51.4 Å². The van der Waals surface area contributed by atoms with Gasteiger partial charge in [0.05, 0.1) is 26.4 Å². The lowest BCUT2D eigenvalue weighted by Gasteiger charge is -2.41. The molecule has 0 aromatic carbocycles. The van der Waals surface area contributed by atoms with E-state index in [-0.39, 0.29) is 37.3 Å². The molecule has 53 heavy (non-hydrogen) atoms. The lowest BCUT2D eigenvalue weighted by atomic mass is 9.69. The molecule has 0 amide bonds. The fraction of sp³-hybridized carbons (Fsp3) is 1.00. The highest BCUT2D eigenvalue weighted by Crippen LogP contribution is 2.45. The van der Waals surface area contributed by atoms with E-state index in [4.69, 9.17) is 18.9 Å². The summed E-state index contributed by atoms with van der Waals surface area (Å²) in [7, 11) is 0. The molecule has 4 aliphatic carbocycles. The first kappa shape index (κ1) is 43.5. The van der Waals surface area contributed by atoms with Crippen molar-refractivity contribution >= 4 is 0 Å². The molecule has 0 atom stereocenters. The lowest BCUT2D eigenvalue weighted by Crippen LogP contribution is -2.39. The van der Waals surface area contributed by atoms with Crippen molar-refractivity contribution in [2.24, 2.45) is 59.2 Å². The second-order valence-corrected chi connectivity index (χ2v) is 18.4. The Hall–Kier alpha value is -0.580. The van der Waals surface area contributed by atoms with Crippen LogP contribution in [0, 0.1) is 59.2 Å². The van der Waals surface area contributed by atoms with Crippen LogP contribution in [0.2, 0.25) is 0 Å². The van der Waals surface area contributed by atoms with Gasteiger partial charge in [-0.15, -0.1) is 0 Å². The summed E-state index contributed by atoms with van der Waals surface area (Å²) in [4.78, 5) is 0. The SMILES string of the molecule is CC[C@H]1CC[C@H](C2CCC([C@H]3OC[C@H](CCCC(F)(F)F)CO3)CC2)CC1.C[C@H]1CC[C@H](C2CCC([C@H]3OC[C@H](CCCC(F)(F)F)CO3)CC2)CC1. The van der Waals surface area contributed by atoms with Crippen molar-refractivity contribution in [2.45, 2.75) is 186 Å². The van der Waals surface area contributed by atoms with Crippen LogP contribution >= 0.6 is 0 Å². The molecule has 2 saturated heterocycles. The largest absolute Gasteiger partial charge is 0.389 e. The zero-order valence-corrected chi connectivity index (χ0v) is 32.9. The van der Waals surface area contributed by atoms with Gasteiger partial charge in [-0.3, -0.25) is 0 Å². The van der Waals surface area contributed by atoms with Gasteiger partial charge in [0.2, 0.25) is 0 Å². The molecule has 6 aliphatic rings. The van der Waals surface area contributed by atoms with Crippen LogP contribution < -0.4 is 0 Å². The van der Waals surface area contributed by atoms with Gasteiger partial charge in [-0.25, -0.2) is 0 Å². The highest BCUT2D eigenvalue weighted by molar-refractivity contribution is 4.85. The van der Waals surface area contributed by atoms with Crippen molar-refractivity contribution < 1.29 is 45.3 Å². The van der Waals surface area contributed by atoms with E-state index in [9.17, 15) is 26.3 Å². The molecule has 10 heteroatoms. The number of hydrogen-bond donors (Lipinski definition) is 0. The minimum absolute atomic E-state index is 0.119. The van der Waals surface area contributed by atoms with Crippen molar-refractivity contribution in [3.05, 3.63) is 0 Å². The highest BCUT2D eigenvalue weighted by atomic mass is 19.4. The fourth-order valence-corrected chi connectivity index (χ4v) is 10.8. The standard InChI is InChI=1S/C22H37F3O2.C21H35F3O2/c1-2-16-5-7-18(8-6-16)19-9-11-20(12-10-19)21-26-14-17(15-27-21)4-3-13-22(23,24)25;1-15-4-6-17(7-5-15)18-8-10-19(11-9-18)20-25-13-16(14-26-20)3-2-12-21(22,23)24/h16-21H,2-15H2,1H3;15-20H,2-14H2,1H3/t16-,17-,18-,19?,20?,21-;15-,16-,17-,18?,19?,20-. The third kappa shape index (κ3) is 15.0. The van der Waals surface area contributed by atoms with Gasteiger partial charge in [-0.05, 0) is 138 Å². The summed E-state index contributed by atoms with van der Waals surface area (Å²) in [6, 6.07) is 0. The highest BCUT2D eigenvalue weighted by Gasteiger charge is 2.38. The maximum absolute atomic E-state index is 12.3. The van der Waals surface area contributed by atoms with Crippen LogP contribution in [-0.2, 0) is 18.9 Å². The molecule has 6 rings (SSSR count).